The molecule has 2 aliphatic rings. The van der Waals surface area contributed by atoms with Crippen molar-refractivity contribution < 1.29 is 4.74 Å². The number of hydrogen-bond donors (Lipinski definition) is 2. The number of aliphatic imine (C=N–C) groups is 1. The lowest BCUT2D eigenvalue weighted by atomic mass is 10.2. The van der Waals surface area contributed by atoms with Crippen molar-refractivity contribution in [3.8, 4) is 0 Å². The fraction of sp³-hybridized carbons (Fsp3) is 0.526. The maximum atomic E-state index is 5.38. The molecule has 2 N–H and O–H groups in total. The number of ether oxygens (including phenoxy) is 1. The van der Waals surface area contributed by atoms with E-state index in [-0.39, 0.29) is 24.0 Å². The highest BCUT2D eigenvalue weighted by Gasteiger charge is 2.10. The fourth-order valence-electron chi connectivity index (χ4n) is 3.12. The van der Waals surface area contributed by atoms with Crippen LogP contribution in [0.1, 0.15) is 5.56 Å². The van der Waals surface area contributed by atoms with E-state index in [1.165, 1.54) is 11.3 Å². The SMILES string of the molecule is CN=C(NCCN1CCOCC1)NCc1cccc(N2CC=CC2)c1.I. The van der Waals surface area contributed by atoms with Crippen LogP contribution in [0.25, 0.3) is 0 Å². The standard InChI is InChI=1S/C19H29N5O.HI/c1-20-19(21-7-10-23-11-13-25-14-12-23)22-16-17-5-4-6-18(15-17)24-8-2-3-9-24;/h2-6,15H,7-14,16H2,1H3,(H2,20,21,22);1H. The predicted octanol–water partition coefficient (Wildman–Crippen LogP) is 1.68. The van der Waals surface area contributed by atoms with Crippen LogP contribution in [0.15, 0.2) is 41.4 Å². The van der Waals surface area contributed by atoms with Gasteiger partial charge in [0, 0.05) is 58.5 Å². The van der Waals surface area contributed by atoms with Crippen LogP contribution in [0.4, 0.5) is 5.69 Å². The van der Waals surface area contributed by atoms with Gasteiger partial charge in [0.05, 0.1) is 13.2 Å². The van der Waals surface area contributed by atoms with Gasteiger partial charge >= 0.3 is 0 Å². The Labute approximate surface area is 173 Å². The first-order chi connectivity index (χ1) is 12.3. The molecule has 0 amide bonds. The Hall–Kier alpha value is -1.32. The molecular formula is C19H30IN5O. The first-order valence-corrected chi connectivity index (χ1v) is 9.08. The molecule has 1 aromatic rings. The summed E-state index contributed by atoms with van der Waals surface area (Å²) in [7, 11) is 1.82. The second-order valence-corrected chi connectivity index (χ2v) is 6.35. The molecule has 0 aliphatic carbocycles. The van der Waals surface area contributed by atoms with Gasteiger partial charge in [0.1, 0.15) is 0 Å². The lowest BCUT2D eigenvalue weighted by Crippen LogP contribution is -2.44. The molecule has 0 saturated carbocycles. The minimum absolute atomic E-state index is 0. The summed E-state index contributed by atoms with van der Waals surface area (Å²) in [6, 6.07) is 8.70. The minimum atomic E-state index is 0. The summed E-state index contributed by atoms with van der Waals surface area (Å²) < 4.78 is 5.38. The van der Waals surface area contributed by atoms with Crippen LogP contribution in [0.2, 0.25) is 0 Å². The van der Waals surface area contributed by atoms with Crippen LogP contribution in [0.5, 0.6) is 0 Å². The molecule has 1 aromatic carbocycles. The van der Waals surface area contributed by atoms with Gasteiger partial charge in [-0.15, -0.1) is 24.0 Å². The van der Waals surface area contributed by atoms with E-state index in [1.54, 1.807) is 0 Å². The monoisotopic (exact) mass is 471 g/mol. The van der Waals surface area contributed by atoms with Crippen molar-refractivity contribution in [3.05, 3.63) is 42.0 Å². The Bertz CT molecular complexity index is 593. The molecule has 1 saturated heterocycles. The summed E-state index contributed by atoms with van der Waals surface area (Å²) in [5, 5.41) is 6.80. The molecule has 0 spiro atoms. The number of anilines is 1. The van der Waals surface area contributed by atoms with Gasteiger partial charge in [-0.2, -0.15) is 0 Å². The average molecular weight is 471 g/mol. The summed E-state index contributed by atoms with van der Waals surface area (Å²) in [5.41, 5.74) is 2.54. The van der Waals surface area contributed by atoms with Gasteiger partial charge in [0.25, 0.3) is 0 Å². The highest BCUT2D eigenvalue weighted by atomic mass is 127. The van der Waals surface area contributed by atoms with E-state index in [1.807, 2.05) is 7.05 Å². The van der Waals surface area contributed by atoms with Crippen molar-refractivity contribution in [2.24, 2.45) is 4.99 Å². The number of hydrogen-bond acceptors (Lipinski definition) is 4. The number of morpholine rings is 1. The third-order valence-corrected chi connectivity index (χ3v) is 4.60. The van der Waals surface area contributed by atoms with Crippen molar-refractivity contribution in [1.29, 1.82) is 0 Å². The second-order valence-electron chi connectivity index (χ2n) is 6.35. The largest absolute Gasteiger partial charge is 0.379 e. The smallest absolute Gasteiger partial charge is 0.191 e. The van der Waals surface area contributed by atoms with Gasteiger partial charge in [-0.1, -0.05) is 24.3 Å². The van der Waals surface area contributed by atoms with Crippen LogP contribution in [0.3, 0.4) is 0 Å². The van der Waals surface area contributed by atoms with E-state index in [0.29, 0.717) is 0 Å². The summed E-state index contributed by atoms with van der Waals surface area (Å²) >= 11 is 0. The van der Waals surface area contributed by atoms with Crippen molar-refractivity contribution in [2.75, 3.05) is 64.4 Å². The lowest BCUT2D eigenvalue weighted by Gasteiger charge is -2.26. The molecule has 0 aromatic heterocycles. The molecule has 26 heavy (non-hydrogen) atoms. The van der Waals surface area contributed by atoms with Crippen LogP contribution in [-0.4, -0.2) is 70.4 Å². The summed E-state index contributed by atoms with van der Waals surface area (Å²) in [6.07, 6.45) is 4.43. The maximum absolute atomic E-state index is 5.38. The number of nitrogens with one attached hydrogen (secondary N) is 2. The maximum Gasteiger partial charge on any atom is 0.191 e. The van der Waals surface area contributed by atoms with Crippen molar-refractivity contribution >= 4 is 35.6 Å². The average Bonchev–Trinajstić information content (AvgIpc) is 3.20. The predicted molar refractivity (Wildman–Crippen MR) is 119 cm³/mol. The Kier molecular flexibility index (Phi) is 9.21. The summed E-state index contributed by atoms with van der Waals surface area (Å²) in [5.74, 6) is 0.849. The molecule has 0 unspecified atom stereocenters. The quantitative estimate of drug-likeness (QED) is 0.286. The van der Waals surface area contributed by atoms with E-state index < -0.39 is 0 Å². The molecule has 0 radical (unpaired) electrons. The Morgan fingerprint density at radius 1 is 1.15 bits per heavy atom. The molecule has 2 aliphatic heterocycles. The Morgan fingerprint density at radius 3 is 2.65 bits per heavy atom. The molecule has 6 nitrogen and oxygen atoms in total. The van der Waals surface area contributed by atoms with E-state index >= 15 is 0 Å². The number of rotatable bonds is 6. The Balaban J connectivity index is 0.00000243. The zero-order valence-corrected chi connectivity index (χ0v) is 17.8. The molecule has 7 heteroatoms. The van der Waals surface area contributed by atoms with Crippen LogP contribution < -0.4 is 15.5 Å². The van der Waals surface area contributed by atoms with E-state index in [2.05, 4.69) is 61.8 Å². The van der Waals surface area contributed by atoms with E-state index in [9.17, 15) is 0 Å². The first kappa shape index (κ1) is 21.0. The van der Waals surface area contributed by atoms with Crippen LogP contribution in [-0.2, 0) is 11.3 Å². The van der Waals surface area contributed by atoms with Gasteiger partial charge in [-0.25, -0.2) is 0 Å². The van der Waals surface area contributed by atoms with Gasteiger partial charge in [0.2, 0.25) is 0 Å². The molecule has 0 bridgehead atoms. The van der Waals surface area contributed by atoms with E-state index in [4.69, 9.17) is 4.74 Å². The number of nitrogens with zero attached hydrogens (tertiary/aromatic N) is 3. The normalized spacial score (nSPS) is 17.9. The van der Waals surface area contributed by atoms with Gasteiger partial charge in [-0.05, 0) is 17.7 Å². The highest BCUT2D eigenvalue weighted by Crippen LogP contribution is 2.18. The van der Waals surface area contributed by atoms with Crippen molar-refractivity contribution in [1.82, 2.24) is 15.5 Å². The lowest BCUT2D eigenvalue weighted by molar-refractivity contribution is 0.0389. The molecule has 3 rings (SSSR count). The van der Waals surface area contributed by atoms with Crippen molar-refractivity contribution in [3.63, 3.8) is 0 Å². The van der Waals surface area contributed by atoms with Gasteiger partial charge in [-0.3, -0.25) is 9.89 Å². The van der Waals surface area contributed by atoms with Crippen molar-refractivity contribution in [2.45, 2.75) is 6.54 Å². The molecule has 0 atom stereocenters. The number of guanidine groups is 1. The highest BCUT2D eigenvalue weighted by molar-refractivity contribution is 14.0. The van der Waals surface area contributed by atoms with Gasteiger partial charge < -0.3 is 20.3 Å². The number of benzene rings is 1. The minimum Gasteiger partial charge on any atom is -0.379 e. The molecule has 1 fully saturated rings. The summed E-state index contributed by atoms with van der Waals surface area (Å²) in [4.78, 5) is 9.09. The third kappa shape index (κ3) is 6.44. The Morgan fingerprint density at radius 2 is 1.92 bits per heavy atom. The first-order valence-electron chi connectivity index (χ1n) is 9.08. The molecule has 2 heterocycles. The van der Waals surface area contributed by atoms with E-state index in [0.717, 1.165) is 65.0 Å². The molecule has 144 valence electrons. The zero-order chi connectivity index (χ0) is 17.3. The molecular weight excluding hydrogens is 441 g/mol. The van der Waals surface area contributed by atoms with Gasteiger partial charge in [0.15, 0.2) is 5.96 Å². The fourth-order valence-corrected chi connectivity index (χ4v) is 3.12. The second kappa shape index (κ2) is 11.4. The number of halogens is 1. The van der Waals surface area contributed by atoms with Crippen LogP contribution in [0, 0.1) is 0 Å². The van der Waals surface area contributed by atoms with Crippen LogP contribution >= 0.6 is 24.0 Å². The summed E-state index contributed by atoms with van der Waals surface area (Å²) in [6.45, 7) is 8.40. The zero-order valence-electron chi connectivity index (χ0n) is 15.5. The third-order valence-electron chi connectivity index (χ3n) is 4.60. The topological polar surface area (TPSA) is 52.1 Å².